The zero-order valence-corrected chi connectivity index (χ0v) is 13.1. The first kappa shape index (κ1) is 14.9. The number of nitriles is 1. The zero-order valence-electron chi connectivity index (χ0n) is 9.97. The maximum absolute atomic E-state index is 12.3. The normalized spacial score (nSPS) is 10.8. The van der Waals surface area contributed by atoms with Crippen LogP contribution in [0.25, 0.3) is 0 Å². The fraction of sp³-hybridized carbons (Fsp3) is 0. The van der Waals surface area contributed by atoms with E-state index in [0.29, 0.717) is 10.0 Å². The van der Waals surface area contributed by atoms with Crippen molar-refractivity contribution in [2.75, 3.05) is 4.72 Å². The number of benzene rings is 2. The van der Waals surface area contributed by atoms with Crippen molar-refractivity contribution >= 4 is 43.2 Å². The van der Waals surface area contributed by atoms with Gasteiger partial charge in [-0.05, 0) is 46.3 Å². The molecule has 20 heavy (non-hydrogen) atoms. The first-order chi connectivity index (χ1) is 9.44. The standard InChI is InChI=1S/C13H8BrClN2O2S/c14-10-3-1-2-4-13(10)20(18,19)17-12-6-5-9(8-16)7-11(12)15/h1-7,17H. The second-order valence-corrected chi connectivity index (χ2v) is 6.75. The molecule has 0 saturated heterocycles. The molecule has 0 aromatic heterocycles. The molecule has 0 unspecified atom stereocenters. The minimum absolute atomic E-state index is 0.112. The highest BCUT2D eigenvalue weighted by Gasteiger charge is 2.18. The Morgan fingerprint density at radius 1 is 1.20 bits per heavy atom. The number of hydrogen-bond donors (Lipinski definition) is 1. The van der Waals surface area contributed by atoms with Crippen LogP contribution in [0.1, 0.15) is 5.56 Å². The quantitative estimate of drug-likeness (QED) is 0.892. The van der Waals surface area contributed by atoms with Crippen LogP contribution < -0.4 is 4.72 Å². The minimum atomic E-state index is -3.75. The smallest absolute Gasteiger partial charge is 0.263 e. The molecular formula is C13H8BrClN2O2S. The van der Waals surface area contributed by atoms with Crippen LogP contribution in [0.15, 0.2) is 51.8 Å². The topological polar surface area (TPSA) is 70.0 Å². The second-order valence-electron chi connectivity index (χ2n) is 3.84. The van der Waals surface area contributed by atoms with Crippen molar-refractivity contribution in [3.8, 4) is 6.07 Å². The minimum Gasteiger partial charge on any atom is -0.278 e. The van der Waals surface area contributed by atoms with E-state index in [-0.39, 0.29) is 15.6 Å². The summed E-state index contributed by atoms with van der Waals surface area (Å²) in [5.41, 5.74) is 0.584. The van der Waals surface area contributed by atoms with Crippen molar-refractivity contribution in [2.24, 2.45) is 0 Å². The summed E-state index contributed by atoms with van der Waals surface area (Å²) in [6.45, 7) is 0. The Labute approximate surface area is 130 Å². The summed E-state index contributed by atoms with van der Waals surface area (Å²) < 4.78 is 27.4. The van der Waals surface area contributed by atoms with Gasteiger partial charge in [-0.3, -0.25) is 4.72 Å². The van der Waals surface area contributed by atoms with Gasteiger partial charge in [0, 0.05) is 4.47 Å². The number of hydrogen-bond acceptors (Lipinski definition) is 3. The number of nitrogens with one attached hydrogen (secondary N) is 1. The number of rotatable bonds is 3. The summed E-state index contributed by atoms with van der Waals surface area (Å²) >= 11 is 9.14. The third kappa shape index (κ3) is 3.12. The maximum atomic E-state index is 12.3. The van der Waals surface area contributed by atoms with E-state index in [4.69, 9.17) is 16.9 Å². The van der Waals surface area contributed by atoms with E-state index in [1.807, 2.05) is 6.07 Å². The Bertz CT molecular complexity index is 800. The SMILES string of the molecule is N#Cc1ccc(NS(=O)(=O)c2ccccc2Br)c(Cl)c1. The number of halogens is 2. The molecule has 0 spiro atoms. The molecule has 2 aromatic carbocycles. The molecule has 2 aromatic rings. The molecule has 0 aliphatic rings. The van der Waals surface area contributed by atoms with Crippen LogP contribution in [0.2, 0.25) is 5.02 Å². The van der Waals surface area contributed by atoms with Crippen molar-refractivity contribution in [1.29, 1.82) is 5.26 Å². The Kier molecular flexibility index (Phi) is 4.33. The van der Waals surface area contributed by atoms with Crippen LogP contribution in [-0.2, 0) is 10.0 Å². The molecule has 0 aliphatic carbocycles. The average molecular weight is 372 g/mol. The lowest BCUT2D eigenvalue weighted by Crippen LogP contribution is -2.13. The largest absolute Gasteiger partial charge is 0.278 e. The molecule has 0 bridgehead atoms. The van der Waals surface area contributed by atoms with Crippen molar-refractivity contribution in [1.82, 2.24) is 0 Å². The van der Waals surface area contributed by atoms with Crippen LogP contribution in [-0.4, -0.2) is 8.42 Å². The molecule has 0 aliphatic heterocycles. The third-order valence-corrected chi connectivity index (χ3v) is 5.16. The van der Waals surface area contributed by atoms with Crippen LogP contribution in [0.5, 0.6) is 0 Å². The monoisotopic (exact) mass is 370 g/mol. The van der Waals surface area contributed by atoms with Crippen LogP contribution >= 0.6 is 27.5 Å². The van der Waals surface area contributed by atoms with Gasteiger partial charge in [-0.15, -0.1) is 0 Å². The van der Waals surface area contributed by atoms with E-state index in [2.05, 4.69) is 20.7 Å². The molecule has 102 valence electrons. The van der Waals surface area contributed by atoms with Gasteiger partial charge in [0.2, 0.25) is 0 Å². The summed E-state index contributed by atoms with van der Waals surface area (Å²) in [7, 11) is -3.75. The van der Waals surface area contributed by atoms with Gasteiger partial charge in [0.25, 0.3) is 10.0 Å². The molecule has 0 amide bonds. The number of sulfonamides is 1. The lowest BCUT2D eigenvalue weighted by molar-refractivity contribution is 0.601. The van der Waals surface area contributed by atoms with E-state index in [1.165, 1.54) is 24.3 Å². The third-order valence-electron chi connectivity index (χ3n) is 2.47. The predicted molar refractivity (Wildman–Crippen MR) is 81.1 cm³/mol. The lowest BCUT2D eigenvalue weighted by Gasteiger charge is -2.10. The van der Waals surface area contributed by atoms with Crippen LogP contribution in [0.4, 0.5) is 5.69 Å². The first-order valence-electron chi connectivity index (χ1n) is 5.41. The highest BCUT2D eigenvalue weighted by atomic mass is 79.9. The summed E-state index contributed by atoms with van der Waals surface area (Å²) in [4.78, 5) is 0.112. The van der Waals surface area contributed by atoms with Crippen molar-refractivity contribution in [3.63, 3.8) is 0 Å². The molecular weight excluding hydrogens is 364 g/mol. The summed E-state index contributed by atoms with van der Waals surface area (Å²) in [6, 6.07) is 12.7. The summed E-state index contributed by atoms with van der Waals surface area (Å²) in [6.07, 6.45) is 0. The molecule has 7 heteroatoms. The van der Waals surface area contributed by atoms with E-state index >= 15 is 0 Å². The van der Waals surface area contributed by atoms with Crippen LogP contribution in [0, 0.1) is 11.3 Å². The summed E-state index contributed by atoms with van der Waals surface area (Å²) in [5.74, 6) is 0. The fourth-order valence-electron chi connectivity index (χ4n) is 1.53. The highest BCUT2D eigenvalue weighted by Crippen LogP contribution is 2.28. The first-order valence-corrected chi connectivity index (χ1v) is 8.06. The van der Waals surface area contributed by atoms with E-state index < -0.39 is 10.0 Å². The van der Waals surface area contributed by atoms with Crippen molar-refractivity contribution in [3.05, 3.63) is 57.5 Å². The highest BCUT2D eigenvalue weighted by molar-refractivity contribution is 9.10. The van der Waals surface area contributed by atoms with Gasteiger partial charge in [0.05, 0.1) is 22.3 Å². The molecule has 0 fully saturated rings. The van der Waals surface area contributed by atoms with Gasteiger partial charge in [-0.25, -0.2) is 8.42 Å². The van der Waals surface area contributed by atoms with Gasteiger partial charge in [0.1, 0.15) is 4.90 Å². The van der Waals surface area contributed by atoms with Crippen LogP contribution in [0.3, 0.4) is 0 Å². The molecule has 0 atom stereocenters. The Morgan fingerprint density at radius 3 is 2.50 bits per heavy atom. The Morgan fingerprint density at radius 2 is 1.90 bits per heavy atom. The van der Waals surface area contributed by atoms with Crippen molar-refractivity contribution in [2.45, 2.75) is 4.90 Å². The van der Waals surface area contributed by atoms with Gasteiger partial charge < -0.3 is 0 Å². The molecule has 2 rings (SSSR count). The number of anilines is 1. The fourth-order valence-corrected chi connectivity index (χ4v) is 3.90. The summed E-state index contributed by atoms with van der Waals surface area (Å²) in [5, 5.41) is 8.91. The molecule has 4 nitrogen and oxygen atoms in total. The van der Waals surface area contributed by atoms with Crippen molar-refractivity contribution < 1.29 is 8.42 Å². The molecule has 0 saturated carbocycles. The van der Waals surface area contributed by atoms with E-state index in [0.717, 1.165) is 0 Å². The van der Waals surface area contributed by atoms with E-state index in [9.17, 15) is 8.42 Å². The second kappa shape index (κ2) is 5.83. The Balaban J connectivity index is 2.40. The van der Waals surface area contributed by atoms with E-state index in [1.54, 1.807) is 18.2 Å². The average Bonchev–Trinajstić information content (AvgIpc) is 2.41. The van der Waals surface area contributed by atoms with Gasteiger partial charge in [-0.2, -0.15) is 5.26 Å². The Hall–Kier alpha value is -1.55. The number of nitrogens with zero attached hydrogens (tertiary/aromatic N) is 1. The lowest BCUT2D eigenvalue weighted by atomic mass is 10.2. The van der Waals surface area contributed by atoms with Gasteiger partial charge in [0.15, 0.2) is 0 Å². The van der Waals surface area contributed by atoms with Gasteiger partial charge >= 0.3 is 0 Å². The predicted octanol–water partition coefficient (Wildman–Crippen LogP) is 3.77. The molecule has 0 radical (unpaired) electrons. The maximum Gasteiger partial charge on any atom is 0.263 e. The van der Waals surface area contributed by atoms with Gasteiger partial charge in [-0.1, -0.05) is 23.7 Å². The molecule has 1 N–H and O–H groups in total. The zero-order chi connectivity index (χ0) is 14.8. The molecule has 0 heterocycles.